The zero-order chi connectivity index (χ0) is 15.2. The van der Waals surface area contributed by atoms with Crippen molar-refractivity contribution in [1.82, 2.24) is 5.32 Å². The number of carbonyl (C=O) groups is 1. The summed E-state index contributed by atoms with van der Waals surface area (Å²) in [5.41, 5.74) is 6.50. The second-order valence-electron chi connectivity index (χ2n) is 6.54. The summed E-state index contributed by atoms with van der Waals surface area (Å²) < 4.78 is 14.5. The van der Waals surface area contributed by atoms with Crippen molar-refractivity contribution in [1.29, 1.82) is 0 Å². The monoisotopic (exact) mass is 306 g/mol. The number of benzene rings is 1. The molecule has 1 atom stereocenters. The van der Waals surface area contributed by atoms with Crippen LogP contribution in [0.5, 0.6) is 0 Å². The van der Waals surface area contributed by atoms with E-state index in [-0.39, 0.29) is 28.9 Å². The van der Waals surface area contributed by atoms with Crippen molar-refractivity contribution >= 4 is 33.0 Å². The summed E-state index contributed by atoms with van der Waals surface area (Å²) in [6.07, 6.45) is 3.06. The van der Waals surface area contributed by atoms with Gasteiger partial charge in [-0.05, 0) is 36.8 Å². The van der Waals surface area contributed by atoms with Crippen molar-refractivity contribution in [2.75, 3.05) is 5.73 Å². The van der Waals surface area contributed by atoms with Crippen LogP contribution in [0.15, 0.2) is 18.2 Å². The first-order valence-electron chi connectivity index (χ1n) is 7.15. The maximum absolute atomic E-state index is 13.8. The molecule has 1 aliphatic rings. The molecule has 2 aromatic rings. The van der Waals surface area contributed by atoms with Crippen molar-refractivity contribution in [3.8, 4) is 0 Å². The van der Waals surface area contributed by atoms with Gasteiger partial charge in [0.1, 0.15) is 10.7 Å². The maximum Gasteiger partial charge on any atom is 0.263 e. The minimum absolute atomic E-state index is 0.182. The Morgan fingerprint density at radius 1 is 1.48 bits per heavy atom. The van der Waals surface area contributed by atoms with Crippen LogP contribution in [0.25, 0.3) is 10.1 Å². The molecule has 0 radical (unpaired) electrons. The molecule has 1 unspecified atom stereocenters. The fourth-order valence-corrected chi connectivity index (χ4v) is 4.15. The Labute approximate surface area is 127 Å². The van der Waals surface area contributed by atoms with Crippen LogP contribution in [0.4, 0.5) is 10.1 Å². The van der Waals surface area contributed by atoms with Gasteiger partial charge in [0, 0.05) is 10.7 Å². The number of amides is 1. The number of thiophene rings is 1. The van der Waals surface area contributed by atoms with Gasteiger partial charge in [0.25, 0.3) is 5.91 Å². The highest BCUT2D eigenvalue weighted by Gasteiger charge is 2.32. The Hall–Kier alpha value is -1.62. The minimum Gasteiger partial charge on any atom is -0.397 e. The predicted octanol–water partition coefficient (Wildman–Crippen LogP) is 3.93. The molecule has 0 saturated heterocycles. The summed E-state index contributed by atoms with van der Waals surface area (Å²) in [5.74, 6) is -0.557. The smallest absolute Gasteiger partial charge is 0.263 e. The summed E-state index contributed by atoms with van der Waals surface area (Å²) in [6, 6.07) is 4.97. The lowest BCUT2D eigenvalue weighted by molar-refractivity contribution is 0.0941. The molecule has 5 heteroatoms. The number of nitrogens with one attached hydrogen (secondary N) is 1. The van der Waals surface area contributed by atoms with E-state index in [1.54, 1.807) is 12.1 Å². The van der Waals surface area contributed by atoms with Crippen LogP contribution >= 0.6 is 11.3 Å². The number of anilines is 1. The molecule has 1 heterocycles. The number of carbonyl (C=O) groups excluding carboxylic acids is 1. The Bertz CT molecular complexity index is 708. The molecule has 0 spiro atoms. The standard InChI is InChI=1S/C16H19FN2OS/c1-16(2)7-6-9(8-16)19-15(20)14-13(18)12-10(17)4-3-5-11(12)21-14/h3-5,9H,6-8,18H2,1-2H3,(H,19,20). The lowest BCUT2D eigenvalue weighted by Crippen LogP contribution is -2.33. The first-order chi connectivity index (χ1) is 9.87. The van der Waals surface area contributed by atoms with E-state index in [2.05, 4.69) is 19.2 Å². The molecule has 0 aliphatic heterocycles. The fourth-order valence-electron chi connectivity index (χ4n) is 3.11. The van der Waals surface area contributed by atoms with Crippen LogP contribution < -0.4 is 11.1 Å². The van der Waals surface area contributed by atoms with Gasteiger partial charge < -0.3 is 11.1 Å². The van der Waals surface area contributed by atoms with E-state index in [0.717, 1.165) is 19.3 Å². The quantitative estimate of drug-likeness (QED) is 0.883. The normalized spacial score (nSPS) is 20.8. The summed E-state index contributed by atoms with van der Waals surface area (Å²) in [7, 11) is 0. The summed E-state index contributed by atoms with van der Waals surface area (Å²) in [6.45, 7) is 4.42. The maximum atomic E-state index is 13.8. The van der Waals surface area contributed by atoms with E-state index < -0.39 is 0 Å². The van der Waals surface area contributed by atoms with Gasteiger partial charge in [-0.25, -0.2) is 4.39 Å². The van der Waals surface area contributed by atoms with Gasteiger partial charge in [-0.3, -0.25) is 4.79 Å². The van der Waals surface area contributed by atoms with Crippen molar-refractivity contribution in [2.24, 2.45) is 5.41 Å². The lowest BCUT2D eigenvalue weighted by Gasteiger charge is -2.17. The van der Waals surface area contributed by atoms with E-state index in [1.165, 1.54) is 17.4 Å². The van der Waals surface area contributed by atoms with E-state index >= 15 is 0 Å². The third-order valence-electron chi connectivity index (χ3n) is 4.21. The molecule has 1 aromatic carbocycles. The number of nitrogens with two attached hydrogens (primary N) is 1. The number of halogens is 1. The van der Waals surface area contributed by atoms with Crippen LogP contribution in [-0.4, -0.2) is 11.9 Å². The molecule has 1 aliphatic carbocycles. The van der Waals surface area contributed by atoms with Gasteiger partial charge in [-0.2, -0.15) is 0 Å². The summed E-state index contributed by atoms with van der Waals surface area (Å²) in [4.78, 5) is 12.8. The highest BCUT2D eigenvalue weighted by atomic mass is 32.1. The van der Waals surface area contributed by atoms with E-state index in [4.69, 9.17) is 5.73 Å². The van der Waals surface area contributed by atoms with Gasteiger partial charge in [0.05, 0.1) is 11.1 Å². The van der Waals surface area contributed by atoms with Crippen LogP contribution in [0.3, 0.4) is 0 Å². The average Bonchev–Trinajstić information content (AvgIpc) is 2.91. The van der Waals surface area contributed by atoms with Crippen LogP contribution in [0.1, 0.15) is 42.8 Å². The van der Waals surface area contributed by atoms with Crippen molar-refractivity contribution in [3.05, 3.63) is 28.9 Å². The molecule has 1 saturated carbocycles. The predicted molar refractivity (Wildman–Crippen MR) is 85.1 cm³/mol. The summed E-state index contributed by atoms with van der Waals surface area (Å²) in [5, 5.41) is 3.40. The molecule has 21 heavy (non-hydrogen) atoms. The Kier molecular flexibility index (Phi) is 3.40. The zero-order valence-corrected chi connectivity index (χ0v) is 13.0. The summed E-state index contributed by atoms with van der Waals surface area (Å²) >= 11 is 1.25. The minimum atomic E-state index is -0.373. The zero-order valence-electron chi connectivity index (χ0n) is 12.2. The van der Waals surface area contributed by atoms with E-state index in [9.17, 15) is 9.18 Å². The molecule has 3 N–H and O–H groups in total. The van der Waals surface area contributed by atoms with Gasteiger partial charge in [-0.1, -0.05) is 19.9 Å². The number of hydrogen-bond donors (Lipinski definition) is 2. The fraction of sp³-hybridized carbons (Fsp3) is 0.438. The first-order valence-corrected chi connectivity index (χ1v) is 7.96. The van der Waals surface area contributed by atoms with Gasteiger partial charge in [0.2, 0.25) is 0 Å². The molecular weight excluding hydrogens is 287 g/mol. The molecule has 3 rings (SSSR count). The Morgan fingerprint density at radius 2 is 2.24 bits per heavy atom. The third-order valence-corrected chi connectivity index (χ3v) is 5.38. The van der Waals surface area contributed by atoms with Crippen LogP contribution in [-0.2, 0) is 0 Å². The molecule has 3 nitrogen and oxygen atoms in total. The molecule has 0 bridgehead atoms. The Morgan fingerprint density at radius 3 is 2.86 bits per heavy atom. The SMILES string of the molecule is CC1(C)CCC(NC(=O)c2sc3cccc(F)c3c2N)C1. The third kappa shape index (κ3) is 2.62. The Balaban J connectivity index is 1.86. The van der Waals surface area contributed by atoms with Crippen molar-refractivity contribution in [3.63, 3.8) is 0 Å². The molecule has 112 valence electrons. The van der Waals surface area contributed by atoms with Gasteiger partial charge in [-0.15, -0.1) is 11.3 Å². The average molecular weight is 306 g/mol. The van der Waals surface area contributed by atoms with E-state index in [0.29, 0.717) is 15.0 Å². The lowest BCUT2D eigenvalue weighted by atomic mass is 9.92. The second-order valence-corrected chi connectivity index (χ2v) is 7.59. The van der Waals surface area contributed by atoms with Crippen molar-refractivity contribution < 1.29 is 9.18 Å². The highest BCUT2D eigenvalue weighted by Crippen LogP contribution is 2.38. The van der Waals surface area contributed by atoms with Crippen molar-refractivity contribution in [2.45, 2.75) is 39.2 Å². The van der Waals surface area contributed by atoms with Gasteiger partial charge in [0.15, 0.2) is 0 Å². The molecule has 1 aromatic heterocycles. The van der Waals surface area contributed by atoms with E-state index in [1.807, 2.05) is 0 Å². The second kappa shape index (κ2) is 4.98. The molecule has 1 amide bonds. The largest absolute Gasteiger partial charge is 0.397 e. The first kappa shape index (κ1) is 14.3. The van der Waals surface area contributed by atoms with Crippen LogP contribution in [0.2, 0.25) is 0 Å². The number of hydrogen-bond acceptors (Lipinski definition) is 3. The topological polar surface area (TPSA) is 55.1 Å². The highest BCUT2D eigenvalue weighted by molar-refractivity contribution is 7.21. The number of nitrogen functional groups attached to an aromatic ring is 1. The van der Waals surface area contributed by atoms with Crippen LogP contribution in [0, 0.1) is 11.2 Å². The molecular formula is C16H19FN2OS. The molecule has 1 fully saturated rings. The van der Waals surface area contributed by atoms with Gasteiger partial charge >= 0.3 is 0 Å². The number of rotatable bonds is 2. The number of fused-ring (bicyclic) bond motifs is 1.